The van der Waals surface area contributed by atoms with E-state index in [4.69, 9.17) is 0 Å². The summed E-state index contributed by atoms with van der Waals surface area (Å²) in [5, 5.41) is 0. The smallest absolute Gasteiger partial charge is 0.195 e. The maximum Gasteiger partial charge on any atom is 0.195 e. The maximum atomic E-state index is 4.64. The first-order valence-corrected chi connectivity index (χ1v) is 6.22. The van der Waals surface area contributed by atoms with Gasteiger partial charge in [0.1, 0.15) is 0 Å². The molecule has 0 spiro atoms. The first-order valence-electron chi connectivity index (χ1n) is 6.22. The SMILES string of the molecule is CN(C)C(=NCCN1CCCCC1)N(C)C. The molecule has 0 aromatic carbocycles. The van der Waals surface area contributed by atoms with Crippen LogP contribution in [0.25, 0.3) is 0 Å². The number of nitrogens with zero attached hydrogens (tertiary/aromatic N) is 4. The molecular weight excluding hydrogens is 200 g/mol. The quantitative estimate of drug-likeness (QED) is 0.528. The summed E-state index contributed by atoms with van der Waals surface area (Å²) in [6.07, 6.45) is 4.12. The summed E-state index contributed by atoms with van der Waals surface area (Å²) < 4.78 is 0. The fourth-order valence-corrected chi connectivity index (χ4v) is 2.16. The van der Waals surface area contributed by atoms with Gasteiger partial charge in [-0.15, -0.1) is 0 Å². The van der Waals surface area contributed by atoms with Gasteiger partial charge >= 0.3 is 0 Å². The summed E-state index contributed by atoms with van der Waals surface area (Å²) in [7, 11) is 8.17. The Hall–Kier alpha value is -0.770. The molecule has 0 unspecified atom stereocenters. The number of likely N-dealkylation sites (tertiary alicyclic amines) is 1. The molecule has 94 valence electrons. The van der Waals surface area contributed by atoms with E-state index in [1.165, 1.54) is 32.4 Å². The van der Waals surface area contributed by atoms with Gasteiger partial charge in [-0.05, 0) is 25.9 Å². The van der Waals surface area contributed by atoms with Crippen LogP contribution in [-0.4, -0.2) is 75.0 Å². The van der Waals surface area contributed by atoms with Crippen molar-refractivity contribution in [3.05, 3.63) is 0 Å². The monoisotopic (exact) mass is 226 g/mol. The Kier molecular flexibility index (Phi) is 5.60. The van der Waals surface area contributed by atoms with Crippen molar-refractivity contribution in [1.29, 1.82) is 0 Å². The third-order valence-corrected chi connectivity index (χ3v) is 2.92. The largest absolute Gasteiger partial charge is 0.349 e. The Morgan fingerprint density at radius 2 is 1.56 bits per heavy atom. The van der Waals surface area contributed by atoms with Gasteiger partial charge in [0.2, 0.25) is 0 Å². The number of aliphatic imine (C=N–C) groups is 1. The molecule has 0 amide bonds. The van der Waals surface area contributed by atoms with Crippen LogP contribution < -0.4 is 0 Å². The predicted molar refractivity (Wildman–Crippen MR) is 70.0 cm³/mol. The minimum absolute atomic E-state index is 0.908. The first kappa shape index (κ1) is 13.3. The average molecular weight is 226 g/mol. The van der Waals surface area contributed by atoms with Crippen LogP contribution in [0.15, 0.2) is 4.99 Å². The summed E-state index contributed by atoms with van der Waals surface area (Å²) in [5.41, 5.74) is 0. The summed E-state index contributed by atoms with van der Waals surface area (Å²) >= 11 is 0. The lowest BCUT2D eigenvalue weighted by Crippen LogP contribution is -2.37. The molecule has 4 nitrogen and oxygen atoms in total. The summed E-state index contributed by atoms with van der Waals surface area (Å²) in [6, 6.07) is 0. The van der Waals surface area contributed by atoms with Crippen molar-refractivity contribution in [2.24, 2.45) is 4.99 Å². The van der Waals surface area contributed by atoms with Crippen LogP contribution in [-0.2, 0) is 0 Å². The van der Waals surface area contributed by atoms with Crippen molar-refractivity contribution in [3.63, 3.8) is 0 Å². The third kappa shape index (κ3) is 4.39. The molecule has 1 rings (SSSR count). The molecule has 1 aliphatic heterocycles. The number of piperidine rings is 1. The van der Waals surface area contributed by atoms with E-state index in [0.29, 0.717) is 0 Å². The van der Waals surface area contributed by atoms with E-state index in [2.05, 4.69) is 19.7 Å². The van der Waals surface area contributed by atoms with Crippen LogP contribution in [0.1, 0.15) is 19.3 Å². The van der Waals surface area contributed by atoms with Gasteiger partial charge in [-0.25, -0.2) is 0 Å². The zero-order valence-electron chi connectivity index (χ0n) is 11.2. The second-order valence-electron chi connectivity index (χ2n) is 4.87. The van der Waals surface area contributed by atoms with E-state index in [1.807, 2.05) is 28.2 Å². The highest BCUT2D eigenvalue weighted by molar-refractivity contribution is 5.79. The van der Waals surface area contributed by atoms with E-state index in [1.54, 1.807) is 0 Å². The van der Waals surface area contributed by atoms with Crippen LogP contribution >= 0.6 is 0 Å². The van der Waals surface area contributed by atoms with Crippen molar-refractivity contribution in [2.45, 2.75) is 19.3 Å². The van der Waals surface area contributed by atoms with Crippen LogP contribution in [0.4, 0.5) is 0 Å². The maximum absolute atomic E-state index is 4.64. The van der Waals surface area contributed by atoms with E-state index in [0.717, 1.165) is 19.0 Å². The van der Waals surface area contributed by atoms with Gasteiger partial charge in [-0.2, -0.15) is 0 Å². The van der Waals surface area contributed by atoms with Gasteiger partial charge in [0.25, 0.3) is 0 Å². The minimum atomic E-state index is 0.908. The highest BCUT2D eigenvalue weighted by atomic mass is 15.3. The van der Waals surface area contributed by atoms with Crippen molar-refractivity contribution in [2.75, 3.05) is 54.4 Å². The lowest BCUT2D eigenvalue weighted by Gasteiger charge is -2.26. The second-order valence-corrected chi connectivity index (χ2v) is 4.87. The van der Waals surface area contributed by atoms with E-state index < -0.39 is 0 Å². The molecule has 0 bridgehead atoms. The Morgan fingerprint density at radius 1 is 1.00 bits per heavy atom. The van der Waals surface area contributed by atoms with E-state index in [-0.39, 0.29) is 0 Å². The van der Waals surface area contributed by atoms with Crippen molar-refractivity contribution in [3.8, 4) is 0 Å². The molecule has 0 radical (unpaired) electrons. The lowest BCUT2D eigenvalue weighted by molar-refractivity contribution is 0.234. The molecule has 0 saturated carbocycles. The van der Waals surface area contributed by atoms with Crippen LogP contribution in [0.3, 0.4) is 0 Å². The van der Waals surface area contributed by atoms with Gasteiger partial charge in [0.15, 0.2) is 5.96 Å². The molecule has 0 aromatic rings. The fraction of sp³-hybridized carbons (Fsp3) is 0.917. The molecule has 0 aliphatic carbocycles. The molecule has 1 fully saturated rings. The summed E-state index contributed by atoms with van der Waals surface area (Å²) in [4.78, 5) is 11.3. The van der Waals surface area contributed by atoms with Gasteiger partial charge in [0, 0.05) is 34.7 Å². The Labute approximate surface area is 99.9 Å². The molecule has 16 heavy (non-hydrogen) atoms. The summed E-state index contributed by atoms with van der Waals surface area (Å²) in [6.45, 7) is 4.53. The minimum Gasteiger partial charge on any atom is -0.349 e. The molecule has 1 heterocycles. The summed E-state index contributed by atoms with van der Waals surface area (Å²) in [5.74, 6) is 1.05. The topological polar surface area (TPSA) is 22.1 Å². The Balaban J connectivity index is 2.32. The molecule has 0 aromatic heterocycles. The predicted octanol–water partition coefficient (Wildman–Crippen LogP) is 0.952. The van der Waals surface area contributed by atoms with Gasteiger partial charge in [0.05, 0.1) is 6.54 Å². The fourth-order valence-electron chi connectivity index (χ4n) is 2.16. The Morgan fingerprint density at radius 3 is 2.06 bits per heavy atom. The zero-order chi connectivity index (χ0) is 12.0. The number of rotatable bonds is 3. The van der Waals surface area contributed by atoms with Crippen LogP contribution in [0.2, 0.25) is 0 Å². The molecule has 0 atom stereocenters. The lowest BCUT2D eigenvalue weighted by atomic mass is 10.1. The van der Waals surface area contributed by atoms with E-state index in [9.17, 15) is 0 Å². The number of hydrogen-bond acceptors (Lipinski definition) is 2. The number of hydrogen-bond donors (Lipinski definition) is 0. The zero-order valence-corrected chi connectivity index (χ0v) is 11.2. The van der Waals surface area contributed by atoms with Gasteiger partial charge < -0.3 is 14.7 Å². The molecule has 1 saturated heterocycles. The second kappa shape index (κ2) is 6.74. The average Bonchev–Trinajstić information content (AvgIpc) is 2.24. The van der Waals surface area contributed by atoms with Gasteiger partial charge in [-0.1, -0.05) is 6.42 Å². The standard InChI is InChI=1S/C12H26N4/c1-14(2)12(15(3)4)13-8-11-16-9-6-5-7-10-16/h5-11H2,1-4H3. The molecule has 1 aliphatic rings. The molecular formula is C12H26N4. The van der Waals surface area contributed by atoms with Gasteiger partial charge in [-0.3, -0.25) is 4.99 Å². The highest BCUT2D eigenvalue weighted by Crippen LogP contribution is 2.07. The number of guanidine groups is 1. The van der Waals surface area contributed by atoms with Crippen LogP contribution in [0.5, 0.6) is 0 Å². The Bertz CT molecular complexity index is 207. The van der Waals surface area contributed by atoms with Crippen molar-refractivity contribution >= 4 is 5.96 Å². The molecule has 0 N–H and O–H groups in total. The van der Waals surface area contributed by atoms with Crippen molar-refractivity contribution in [1.82, 2.24) is 14.7 Å². The van der Waals surface area contributed by atoms with Crippen molar-refractivity contribution < 1.29 is 0 Å². The first-order chi connectivity index (χ1) is 7.61. The molecule has 4 heteroatoms. The van der Waals surface area contributed by atoms with Crippen LogP contribution in [0, 0.1) is 0 Å². The normalized spacial score (nSPS) is 17.0. The van der Waals surface area contributed by atoms with E-state index >= 15 is 0 Å². The highest BCUT2D eigenvalue weighted by Gasteiger charge is 2.09. The third-order valence-electron chi connectivity index (χ3n) is 2.92.